The van der Waals surface area contributed by atoms with E-state index < -0.39 is 0 Å². The van der Waals surface area contributed by atoms with Crippen LogP contribution in [0.5, 0.6) is 17.2 Å². The Morgan fingerprint density at radius 3 is 2.40 bits per heavy atom. The number of ether oxygens (including phenoxy) is 4. The zero-order chi connectivity index (χ0) is 30.2. The number of carbonyl (C=O) groups excluding carboxylic acids is 2. The summed E-state index contributed by atoms with van der Waals surface area (Å²) in [5, 5.41) is 4.23. The third-order valence-corrected chi connectivity index (χ3v) is 8.07. The van der Waals surface area contributed by atoms with E-state index in [4.69, 9.17) is 30.5 Å². The lowest BCUT2D eigenvalue weighted by molar-refractivity contribution is -0.142. The maximum Gasteiger partial charge on any atom is 0.310 e. The van der Waals surface area contributed by atoms with Gasteiger partial charge in [0.15, 0.2) is 0 Å². The first-order chi connectivity index (χ1) is 20.9. The van der Waals surface area contributed by atoms with Gasteiger partial charge in [0.25, 0.3) is 0 Å². The second-order valence-electron chi connectivity index (χ2n) is 10.7. The fourth-order valence-corrected chi connectivity index (χ4v) is 5.77. The van der Waals surface area contributed by atoms with Gasteiger partial charge in [-0.15, -0.1) is 0 Å². The zero-order valence-corrected chi connectivity index (χ0v) is 25.3. The minimum absolute atomic E-state index is 0.0474. The number of carbonyl (C=O) groups is 2. The van der Waals surface area contributed by atoms with Gasteiger partial charge in [-0.3, -0.25) is 9.59 Å². The molecule has 1 saturated heterocycles. The molecule has 2 heterocycles. The molecule has 1 fully saturated rings. The Labute approximate surface area is 257 Å². The number of piperazine rings is 1. The molecular weight excluding hydrogens is 568 g/mol. The number of halogens is 1. The van der Waals surface area contributed by atoms with Gasteiger partial charge in [-0.25, -0.2) is 0 Å². The summed E-state index contributed by atoms with van der Waals surface area (Å²) in [5.74, 6) is 1.80. The van der Waals surface area contributed by atoms with Crippen molar-refractivity contribution in [1.29, 1.82) is 0 Å². The van der Waals surface area contributed by atoms with Crippen molar-refractivity contribution in [2.45, 2.75) is 38.3 Å². The van der Waals surface area contributed by atoms with Gasteiger partial charge < -0.3 is 29.2 Å². The molecule has 8 nitrogen and oxygen atoms in total. The largest absolute Gasteiger partial charge is 0.496 e. The lowest BCUT2D eigenvalue weighted by Crippen LogP contribution is -2.60. The Hall–Kier alpha value is -4.01. The van der Waals surface area contributed by atoms with Gasteiger partial charge in [-0.05, 0) is 53.5 Å². The quantitative estimate of drug-likeness (QED) is 0.221. The first-order valence-electron chi connectivity index (χ1n) is 14.5. The van der Waals surface area contributed by atoms with Gasteiger partial charge in [0.1, 0.15) is 23.9 Å². The monoisotopic (exact) mass is 604 g/mol. The number of methoxy groups -OCH3 is 1. The molecule has 0 unspecified atom stereocenters. The van der Waals surface area contributed by atoms with Gasteiger partial charge in [-0.1, -0.05) is 54.1 Å². The number of nitrogens with one attached hydrogen (secondary N) is 1. The molecule has 0 radical (unpaired) electrons. The Balaban J connectivity index is 1.24. The number of amides is 1. The number of rotatable bonds is 12. The van der Waals surface area contributed by atoms with Crippen LogP contribution in [-0.4, -0.2) is 68.9 Å². The lowest BCUT2D eigenvalue weighted by atomic mass is 9.84. The summed E-state index contributed by atoms with van der Waals surface area (Å²) in [6.07, 6.45) is 1.55. The van der Waals surface area contributed by atoms with Crippen molar-refractivity contribution in [2.75, 3.05) is 40.0 Å². The Morgan fingerprint density at radius 2 is 1.65 bits per heavy atom. The Bertz CT molecular complexity index is 1460. The van der Waals surface area contributed by atoms with Crippen LogP contribution in [0.4, 0.5) is 0 Å². The molecule has 1 amide bonds. The molecule has 0 saturated carbocycles. The van der Waals surface area contributed by atoms with E-state index in [-0.39, 0.29) is 37.0 Å². The maximum absolute atomic E-state index is 12.9. The topological polar surface area (TPSA) is 86.3 Å². The van der Waals surface area contributed by atoms with Crippen LogP contribution in [-0.2, 0) is 20.7 Å². The molecule has 9 heteroatoms. The molecule has 0 aliphatic carbocycles. The van der Waals surface area contributed by atoms with Crippen LogP contribution in [0.15, 0.2) is 78.4 Å². The second kappa shape index (κ2) is 14.4. The van der Waals surface area contributed by atoms with Crippen molar-refractivity contribution < 1.29 is 28.5 Å². The minimum Gasteiger partial charge on any atom is -0.496 e. The first kappa shape index (κ1) is 30.4. The molecule has 2 atom stereocenters. The summed E-state index contributed by atoms with van der Waals surface area (Å²) in [7, 11) is 1.59. The molecule has 43 heavy (non-hydrogen) atoms. The van der Waals surface area contributed by atoms with Crippen LogP contribution in [0.25, 0.3) is 5.57 Å². The Kier molecular flexibility index (Phi) is 10.2. The average molecular weight is 605 g/mol. The molecule has 2 aliphatic heterocycles. The summed E-state index contributed by atoms with van der Waals surface area (Å²) < 4.78 is 22.9. The highest BCUT2D eigenvalue weighted by Crippen LogP contribution is 2.34. The van der Waals surface area contributed by atoms with Gasteiger partial charge in [0.2, 0.25) is 5.91 Å². The third-order valence-electron chi connectivity index (χ3n) is 7.76. The molecule has 3 aromatic rings. The fourth-order valence-electron chi connectivity index (χ4n) is 5.58. The lowest BCUT2D eigenvalue weighted by Gasteiger charge is -2.44. The number of fused-ring (bicyclic) bond motifs is 2. The number of hydrogen-bond acceptors (Lipinski definition) is 7. The zero-order valence-electron chi connectivity index (χ0n) is 24.5. The number of para-hydroxylation sites is 2. The van der Waals surface area contributed by atoms with Crippen molar-refractivity contribution in [1.82, 2.24) is 10.2 Å². The van der Waals surface area contributed by atoms with E-state index in [2.05, 4.69) is 5.32 Å². The number of nitrogens with zero attached hydrogens (tertiary/aromatic N) is 1. The summed E-state index contributed by atoms with van der Waals surface area (Å²) >= 11 is 6.14. The van der Waals surface area contributed by atoms with Crippen LogP contribution in [0, 0.1) is 0 Å². The molecular formula is C34H37ClN2O6. The summed E-state index contributed by atoms with van der Waals surface area (Å²) in [6.45, 7) is 3.93. The highest BCUT2D eigenvalue weighted by molar-refractivity contribution is 6.32. The SMILES string of the molecule is COc1ccccc1CC(=O)OCC1=C(c2ccc(OCCCOc3ccccc3Cl)cc2)C[C@@H]2CN(C(C)=O)C[C@H]1N2. The third kappa shape index (κ3) is 7.89. The van der Waals surface area contributed by atoms with Crippen LogP contribution in [0.1, 0.15) is 30.9 Å². The molecule has 5 rings (SSSR count). The fraction of sp³-hybridized carbons (Fsp3) is 0.353. The van der Waals surface area contributed by atoms with Gasteiger partial charge in [0, 0.05) is 38.0 Å². The number of hydrogen-bond donors (Lipinski definition) is 1. The normalized spacial score (nSPS) is 17.8. The van der Waals surface area contributed by atoms with Crippen molar-refractivity contribution in [3.8, 4) is 17.2 Å². The van der Waals surface area contributed by atoms with Crippen molar-refractivity contribution >= 4 is 29.1 Å². The van der Waals surface area contributed by atoms with E-state index in [9.17, 15) is 9.59 Å². The molecule has 2 bridgehead atoms. The van der Waals surface area contributed by atoms with E-state index in [0.717, 1.165) is 34.4 Å². The van der Waals surface area contributed by atoms with E-state index in [1.807, 2.05) is 71.6 Å². The summed E-state index contributed by atoms with van der Waals surface area (Å²) in [4.78, 5) is 27.0. The molecule has 3 aromatic carbocycles. The number of benzene rings is 3. The van der Waals surface area contributed by atoms with Crippen molar-refractivity contribution in [2.24, 2.45) is 0 Å². The summed E-state index contributed by atoms with van der Waals surface area (Å²) in [5.41, 5.74) is 3.96. The van der Waals surface area contributed by atoms with Crippen molar-refractivity contribution in [3.05, 3.63) is 94.5 Å². The van der Waals surface area contributed by atoms with Gasteiger partial charge in [0.05, 0.1) is 37.8 Å². The predicted octanol–water partition coefficient (Wildman–Crippen LogP) is 5.33. The van der Waals surface area contributed by atoms with Crippen LogP contribution >= 0.6 is 11.6 Å². The highest BCUT2D eigenvalue weighted by atomic mass is 35.5. The van der Waals surface area contributed by atoms with E-state index in [0.29, 0.717) is 49.2 Å². The Morgan fingerprint density at radius 1 is 0.930 bits per heavy atom. The van der Waals surface area contributed by atoms with Gasteiger partial charge in [-0.2, -0.15) is 0 Å². The van der Waals surface area contributed by atoms with Crippen LogP contribution < -0.4 is 19.5 Å². The van der Waals surface area contributed by atoms with Gasteiger partial charge >= 0.3 is 5.97 Å². The van der Waals surface area contributed by atoms with E-state index in [1.165, 1.54) is 0 Å². The highest BCUT2D eigenvalue weighted by Gasteiger charge is 2.36. The minimum atomic E-state index is -0.333. The molecule has 2 aliphatic rings. The summed E-state index contributed by atoms with van der Waals surface area (Å²) in [6, 6.07) is 22.9. The van der Waals surface area contributed by atoms with E-state index in [1.54, 1.807) is 20.1 Å². The van der Waals surface area contributed by atoms with E-state index >= 15 is 0 Å². The molecule has 226 valence electrons. The second-order valence-corrected chi connectivity index (χ2v) is 11.1. The van der Waals surface area contributed by atoms with Crippen molar-refractivity contribution in [3.63, 3.8) is 0 Å². The van der Waals surface area contributed by atoms with Crippen LogP contribution in [0.3, 0.4) is 0 Å². The molecule has 0 spiro atoms. The van der Waals surface area contributed by atoms with Crippen LogP contribution in [0.2, 0.25) is 5.02 Å². The predicted molar refractivity (Wildman–Crippen MR) is 166 cm³/mol. The maximum atomic E-state index is 12.9. The molecule has 0 aromatic heterocycles. The standard InChI is InChI=1S/C34H37ClN2O6/c1-23(38)37-20-26-19-28(24-12-14-27(15-13-24)41-16-7-17-42-33-11-6-4-9-30(33)35)29(31(21-37)36-26)22-43-34(39)18-25-8-3-5-10-32(25)40-2/h3-6,8-15,26,31,36H,7,16-22H2,1-2H3/t26-,31-/m1/s1. The number of esters is 1. The smallest absolute Gasteiger partial charge is 0.310 e. The molecule has 1 N–H and O–H groups in total. The average Bonchev–Trinajstić information content (AvgIpc) is 3.01. The first-order valence-corrected chi connectivity index (χ1v) is 14.9.